The second kappa shape index (κ2) is 5.84. The van der Waals surface area contributed by atoms with E-state index in [9.17, 15) is 9.90 Å². The van der Waals surface area contributed by atoms with Gasteiger partial charge in [-0.3, -0.25) is 0 Å². The first-order chi connectivity index (χ1) is 10.1. The van der Waals surface area contributed by atoms with Crippen molar-refractivity contribution >= 4 is 17.0 Å². The van der Waals surface area contributed by atoms with Crippen LogP contribution in [0.4, 0.5) is 0 Å². The molecule has 21 heavy (non-hydrogen) atoms. The highest BCUT2D eigenvalue weighted by Gasteiger charge is 2.19. The number of carbonyl (C=O) groups is 1. The number of rotatable bonds is 4. The molecule has 1 aliphatic rings. The van der Waals surface area contributed by atoms with Crippen LogP contribution in [0.3, 0.4) is 0 Å². The van der Waals surface area contributed by atoms with E-state index in [4.69, 9.17) is 0 Å². The highest BCUT2D eigenvalue weighted by atomic mass is 16.4. The quantitative estimate of drug-likeness (QED) is 0.936. The molecule has 0 unspecified atom stereocenters. The number of aromatic nitrogens is 3. The maximum Gasteiger partial charge on any atom is 0.338 e. The number of carboxylic acids is 1. The first-order valence-corrected chi connectivity index (χ1v) is 7.70. The molecular weight excluding hydrogens is 266 g/mol. The molecule has 1 aromatic heterocycles. The lowest BCUT2D eigenvalue weighted by Gasteiger charge is -2.25. The van der Waals surface area contributed by atoms with Crippen LogP contribution in [0.1, 0.15) is 49.4 Å². The summed E-state index contributed by atoms with van der Waals surface area (Å²) in [5.74, 6) is 0.684. The second-order valence-corrected chi connectivity index (χ2v) is 6.21. The third-order valence-electron chi connectivity index (χ3n) is 4.66. The van der Waals surface area contributed by atoms with Crippen molar-refractivity contribution in [1.82, 2.24) is 15.0 Å². The van der Waals surface area contributed by atoms with Gasteiger partial charge in [-0.15, -0.1) is 5.10 Å². The van der Waals surface area contributed by atoms with Crippen LogP contribution in [-0.4, -0.2) is 26.1 Å². The van der Waals surface area contributed by atoms with Gasteiger partial charge in [-0.1, -0.05) is 43.9 Å². The van der Waals surface area contributed by atoms with Crippen LogP contribution in [0.2, 0.25) is 0 Å². The van der Waals surface area contributed by atoms with Gasteiger partial charge in [-0.25, -0.2) is 9.48 Å². The molecule has 5 nitrogen and oxygen atoms in total. The minimum absolute atomic E-state index is 0.227. The molecule has 0 saturated heterocycles. The molecule has 0 aliphatic heterocycles. The molecule has 5 heteroatoms. The zero-order valence-corrected chi connectivity index (χ0v) is 12.3. The molecule has 1 fully saturated rings. The van der Waals surface area contributed by atoms with Gasteiger partial charge >= 0.3 is 5.97 Å². The molecule has 0 atom stereocenters. The maximum absolute atomic E-state index is 11.2. The molecule has 0 bridgehead atoms. The number of benzene rings is 1. The molecule has 112 valence electrons. The van der Waals surface area contributed by atoms with E-state index < -0.39 is 5.97 Å². The first-order valence-electron chi connectivity index (χ1n) is 7.70. The largest absolute Gasteiger partial charge is 0.478 e. The molecule has 0 spiro atoms. The second-order valence-electron chi connectivity index (χ2n) is 6.21. The van der Waals surface area contributed by atoms with Crippen LogP contribution < -0.4 is 0 Å². The van der Waals surface area contributed by atoms with Crippen molar-refractivity contribution in [2.45, 2.75) is 45.6 Å². The zero-order valence-electron chi connectivity index (χ0n) is 12.3. The van der Waals surface area contributed by atoms with Crippen molar-refractivity contribution in [2.24, 2.45) is 11.8 Å². The molecule has 0 radical (unpaired) electrons. The number of hydrogen-bond acceptors (Lipinski definition) is 3. The van der Waals surface area contributed by atoms with Gasteiger partial charge in [0.15, 0.2) is 0 Å². The number of nitrogens with zero attached hydrogens (tertiary/aromatic N) is 3. The fourth-order valence-corrected chi connectivity index (χ4v) is 3.25. The lowest BCUT2D eigenvalue weighted by atomic mass is 9.81. The van der Waals surface area contributed by atoms with Crippen LogP contribution in [-0.2, 0) is 6.54 Å². The van der Waals surface area contributed by atoms with Crippen molar-refractivity contribution in [3.8, 4) is 0 Å². The topological polar surface area (TPSA) is 68.0 Å². The molecule has 0 amide bonds. The minimum Gasteiger partial charge on any atom is -0.478 e. The van der Waals surface area contributed by atoms with Gasteiger partial charge in [-0.2, -0.15) is 0 Å². The fourth-order valence-electron chi connectivity index (χ4n) is 3.25. The Kier molecular flexibility index (Phi) is 3.90. The Hall–Kier alpha value is -1.91. The molecular formula is C16H21N3O2. The SMILES string of the molecule is CC1CCC(CCn2nnc3c(C(=O)O)cccc32)CC1. The predicted octanol–water partition coefficient (Wildman–Crippen LogP) is 3.35. The Labute approximate surface area is 124 Å². The van der Waals surface area contributed by atoms with Crippen LogP contribution in [0, 0.1) is 11.8 Å². The van der Waals surface area contributed by atoms with Gasteiger partial charge < -0.3 is 5.11 Å². The summed E-state index contributed by atoms with van der Waals surface area (Å²) in [6.07, 6.45) is 6.35. The predicted molar refractivity (Wildman–Crippen MR) is 80.2 cm³/mol. The molecule has 2 aromatic rings. The van der Waals surface area contributed by atoms with Crippen molar-refractivity contribution in [1.29, 1.82) is 0 Å². The van der Waals surface area contributed by atoms with Gasteiger partial charge in [0.1, 0.15) is 5.52 Å². The van der Waals surface area contributed by atoms with E-state index in [1.165, 1.54) is 25.7 Å². The summed E-state index contributed by atoms with van der Waals surface area (Å²) in [6.45, 7) is 3.15. The van der Waals surface area contributed by atoms with E-state index in [0.717, 1.165) is 30.3 Å². The summed E-state index contributed by atoms with van der Waals surface area (Å²) in [5, 5.41) is 17.4. The van der Waals surface area contributed by atoms with E-state index in [1.54, 1.807) is 12.1 Å². The Morgan fingerprint density at radius 2 is 2.10 bits per heavy atom. The summed E-state index contributed by atoms with van der Waals surface area (Å²) in [6, 6.07) is 5.23. The van der Waals surface area contributed by atoms with E-state index in [2.05, 4.69) is 17.2 Å². The normalized spacial score (nSPS) is 22.5. The summed E-state index contributed by atoms with van der Waals surface area (Å²) in [4.78, 5) is 11.2. The Morgan fingerprint density at radius 3 is 2.81 bits per heavy atom. The number of carboxylic acid groups (broad SMARTS) is 1. The minimum atomic E-state index is -0.950. The molecule has 1 aromatic carbocycles. The van der Waals surface area contributed by atoms with E-state index in [1.807, 2.05) is 10.7 Å². The summed E-state index contributed by atoms with van der Waals surface area (Å²) >= 11 is 0. The fraction of sp³-hybridized carbons (Fsp3) is 0.562. The van der Waals surface area contributed by atoms with Gasteiger partial charge in [0.25, 0.3) is 0 Å². The molecule has 1 saturated carbocycles. The summed E-state index contributed by atoms with van der Waals surface area (Å²) < 4.78 is 1.85. The maximum atomic E-state index is 11.2. The standard InChI is InChI=1S/C16H21N3O2/c1-11-5-7-12(8-6-11)9-10-19-14-4-2-3-13(16(20)21)15(14)17-18-19/h2-4,11-12H,5-10H2,1H3,(H,20,21). The third kappa shape index (κ3) is 2.91. The van der Waals surface area contributed by atoms with Gasteiger partial charge in [0, 0.05) is 6.54 Å². The van der Waals surface area contributed by atoms with Crippen LogP contribution in [0.25, 0.3) is 11.0 Å². The average Bonchev–Trinajstić information content (AvgIpc) is 2.89. The van der Waals surface area contributed by atoms with E-state index in [0.29, 0.717) is 5.52 Å². The van der Waals surface area contributed by atoms with Crippen molar-refractivity contribution in [2.75, 3.05) is 0 Å². The number of aryl methyl sites for hydroxylation is 1. The molecule has 3 rings (SSSR count). The lowest BCUT2D eigenvalue weighted by molar-refractivity contribution is 0.0699. The number of hydrogen-bond donors (Lipinski definition) is 1. The highest BCUT2D eigenvalue weighted by Crippen LogP contribution is 2.30. The highest BCUT2D eigenvalue weighted by molar-refractivity contribution is 6.00. The average molecular weight is 287 g/mol. The molecule has 1 aliphatic carbocycles. The Morgan fingerprint density at radius 1 is 1.33 bits per heavy atom. The van der Waals surface area contributed by atoms with Crippen LogP contribution in [0.15, 0.2) is 18.2 Å². The van der Waals surface area contributed by atoms with Crippen LogP contribution in [0.5, 0.6) is 0 Å². The number of aromatic carboxylic acids is 1. The summed E-state index contributed by atoms with van der Waals surface area (Å²) in [5.41, 5.74) is 1.53. The zero-order chi connectivity index (χ0) is 14.8. The lowest BCUT2D eigenvalue weighted by Crippen LogP contribution is -2.14. The van der Waals surface area contributed by atoms with Crippen LogP contribution >= 0.6 is 0 Å². The van der Waals surface area contributed by atoms with Gasteiger partial charge in [-0.05, 0) is 30.4 Å². The smallest absolute Gasteiger partial charge is 0.338 e. The summed E-state index contributed by atoms with van der Waals surface area (Å²) in [7, 11) is 0. The molecule has 1 N–H and O–H groups in total. The first kappa shape index (κ1) is 14.0. The van der Waals surface area contributed by atoms with E-state index in [-0.39, 0.29) is 5.56 Å². The van der Waals surface area contributed by atoms with Crippen molar-refractivity contribution < 1.29 is 9.90 Å². The number of fused-ring (bicyclic) bond motifs is 1. The van der Waals surface area contributed by atoms with Crippen molar-refractivity contribution in [3.05, 3.63) is 23.8 Å². The monoisotopic (exact) mass is 287 g/mol. The molecule has 1 heterocycles. The Balaban J connectivity index is 1.73. The van der Waals surface area contributed by atoms with Gasteiger partial charge in [0.05, 0.1) is 11.1 Å². The van der Waals surface area contributed by atoms with Gasteiger partial charge in [0.2, 0.25) is 0 Å². The van der Waals surface area contributed by atoms with E-state index >= 15 is 0 Å². The third-order valence-corrected chi connectivity index (χ3v) is 4.66. The van der Waals surface area contributed by atoms with Crippen molar-refractivity contribution in [3.63, 3.8) is 0 Å². The Bertz CT molecular complexity index is 642.